The monoisotopic (exact) mass is 442 g/mol. The molecule has 0 saturated carbocycles. The zero-order valence-electron chi connectivity index (χ0n) is 17.2. The maximum atomic E-state index is 13.2. The fourth-order valence-electron chi connectivity index (χ4n) is 3.19. The lowest BCUT2D eigenvalue weighted by Gasteiger charge is -2.23. The molecule has 1 saturated heterocycles. The van der Waals surface area contributed by atoms with Crippen molar-refractivity contribution in [2.45, 2.75) is 12.5 Å². The number of anilines is 1. The van der Waals surface area contributed by atoms with E-state index in [4.69, 9.17) is 10.8 Å². The zero-order valence-corrected chi connectivity index (χ0v) is 18.0. The van der Waals surface area contributed by atoms with Gasteiger partial charge in [0.2, 0.25) is 5.91 Å². The lowest BCUT2D eigenvalue weighted by molar-refractivity contribution is -0.124. The van der Waals surface area contributed by atoms with Gasteiger partial charge in [0.25, 0.3) is 0 Å². The summed E-state index contributed by atoms with van der Waals surface area (Å²) in [6, 6.07) is 8.63. The molecule has 2 aromatic rings. The summed E-state index contributed by atoms with van der Waals surface area (Å²) in [5.41, 5.74) is 1.41. The number of thioether (sulfide) groups is 1. The summed E-state index contributed by atoms with van der Waals surface area (Å²) in [6.45, 7) is 1.26. The minimum absolute atomic E-state index is 0.0792. The van der Waals surface area contributed by atoms with E-state index >= 15 is 0 Å². The number of amidine groups is 2. The van der Waals surface area contributed by atoms with Gasteiger partial charge < -0.3 is 10.2 Å². The number of hydrogen-bond acceptors (Lipinski definition) is 8. The van der Waals surface area contributed by atoms with Crippen LogP contribution in [-0.2, 0) is 4.79 Å². The molecule has 3 N–H and O–H groups in total. The average Bonchev–Trinajstić information content (AvgIpc) is 3.18. The third-order valence-corrected chi connectivity index (χ3v) is 5.16. The quantitative estimate of drug-likeness (QED) is 0.493. The van der Waals surface area contributed by atoms with Gasteiger partial charge in [-0.15, -0.1) is 5.10 Å². The Morgan fingerprint density at radius 2 is 2.03 bits per heavy atom. The molecule has 1 aromatic heterocycles. The number of hydrogen-bond donors (Lipinski definition) is 3. The van der Waals surface area contributed by atoms with Gasteiger partial charge in [0.1, 0.15) is 11.9 Å². The van der Waals surface area contributed by atoms with Crippen molar-refractivity contribution in [2.75, 3.05) is 32.1 Å². The molecule has 11 heteroatoms. The second-order valence-corrected chi connectivity index (χ2v) is 8.07. The normalized spacial score (nSPS) is 15.9. The maximum absolute atomic E-state index is 13.2. The molecule has 31 heavy (non-hydrogen) atoms. The fraction of sp³-hybridized carbons (Fsp3) is 0.300. The van der Waals surface area contributed by atoms with Crippen LogP contribution < -0.4 is 10.2 Å². The molecule has 1 atom stereocenters. The summed E-state index contributed by atoms with van der Waals surface area (Å²) in [5, 5.41) is 26.3. The van der Waals surface area contributed by atoms with Crippen LogP contribution in [0.4, 0.5) is 10.2 Å². The second-order valence-electron chi connectivity index (χ2n) is 7.07. The molecule has 1 aromatic carbocycles. The SMILES string of the molecule is CN(C)[C@@H](C(=O)NC(=N)SC(=N)N=C1CCN(c2cccnn2)C1)c1ccc(F)cc1. The molecule has 0 radical (unpaired) electrons. The highest BCUT2D eigenvalue weighted by Crippen LogP contribution is 2.20. The molecule has 0 bridgehead atoms. The van der Waals surface area contributed by atoms with E-state index < -0.39 is 11.9 Å². The Balaban J connectivity index is 1.56. The molecular formula is C20H23FN8OS. The molecule has 3 rings (SSSR count). The number of nitrogens with zero attached hydrogens (tertiary/aromatic N) is 5. The van der Waals surface area contributed by atoms with E-state index in [9.17, 15) is 9.18 Å². The predicted molar refractivity (Wildman–Crippen MR) is 120 cm³/mol. The summed E-state index contributed by atoms with van der Waals surface area (Å²) in [6.07, 6.45) is 2.30. The number of aromatic nitrogens is 2. The number of amides is 1. The van der Waals surface area contributed by atoms with Gasteiger partial charge in [0, 0.05) is 24.9 Å². The van der Waals surface area contributed by atoms with Crippen LogP contribution in [-0.4, -0.2) is 64.2 Å². The van der Waals surface area contributed by atoms with E-state index in [-0.39, 0.29) is 16.2 Å². The van der Waals surface area contributed by atoms with Gasteiger partial charge in [-0.3, -0.25) is 20.5 Å². The van der Waals surface area contributed by atoms with E-state index in [0.29, 0.717) is 18.5 Å². The van der Waals surface area contributed by atoms with Crippen molar-refractivity contribution < 1.29 is 9.18 Å². The molecule has 1 fully saturated rings. The molecule has 0 spiro atoms. The fourth-order valence-corrected chi connectivity index (χ4v) is 3.71. The van der Waals surface area contributed by atoms with Crippen LogP contribution in [0.5, 0.6) is 0 Å². The van der Waals surface area contributed by atoms with E-state index in [2.05, 4.69) is 20.5 Å². The van der Waals surface area contributed by atoms with Crippen molar-refractivity contribution in [2.24, 2.45) is 4.99 Å². The van der Waals surface area contributed by atoms with Crippen LogP contribution in [0.3, 0.4) is 0 Å². The van der Waals surface area contributed by atoms with Crippen LogP contribution in [0.2, 0.25) is 0 Å². The predicted octanol–water partition coefficient (Wildman–Crippen LogP) is 2.29. The Morgan fingerprint density at radius 1 is 1.29 bits per heavy atom. The number of aliphatic imine (C=N–C) groups is 1. The second kappa shape index (κ2) is 10.2. The van der Waals surface area contributed by atoms with Crippen molar-refractivity contribution in [1.82, 2.24) is 20.4 Å². The number of nitrogens with one attached hydrogen (secondary N) is 3. The number of benzene rings is 1. The van der Waals surface area contributed by atoms with Crippen molar-refractivity contribution in [3.8, 4) is 0 Å². The summed E-state index contributed by atoms with van der Waals surface area (Å²) in [5.74, 6) is -0.0750. The number of halogens is 1. The highest BCUT2D eigenvalue weighted by atomic mass is 32.2. The van der Waals surface area contributed by atoms with E-state index in [1.165, 1.54) is 24.3 Å². The van der Waals surface area contributed by atoms with Crippen LogP contribution >= 0.6 is 11.8 Å². The van der Waals surface area contributed by atoms with Crippen LogP contribution in [0.1, 0.15) is 18.0 Å². The molecule has 1 aliphatic rings. The summed E-state index contributed by atoms with van der Waals surface area (Å²) >= 11 is 0.761. The van der Waals surface area contributed by atoms with Gasteiger partial charge in [-0.25, -0.2) is 9.38 Å². The lowest BCUT2D eigenvalue weighted by Crippen LogP contribution is -2.39. The molecule has 9 nitrogen and oxygen atoms in total. The Kier molecular flexibility index (Phi) is 7.42. The van der Waals surface area contributed by atoms with Gasteiger partial charge in [-0.05, 0) is 55.7 Å². The first kappa shape index (κ1) is 22.5. The first-order valence-electron chi connectivity index (χ1n) is 9.50. The Labute approximate surface area is 183 Å². The Hall–Kier alpha value is -3.18. The smallest absolute Gasteiger partial charge is 0.247 e. The largest absolute Gasteiger partial charge is 0.349 e. The molecule has 1 aliphatic heterocycles. The van der Waals surface area contributed by atoms with E-state index in [1.807, 2.05) is 17.0 Å². The van der Waals surface area contributed by atoms with Gasteiger partial charge in [0.15, 0.2) is 16.2 Å². The standard InChI is InChI=1S/C20H23FN8OS/c1-28(2)17(13-5-7-14(21)8-6-13)18(30)26-20(23)31-19(22)25-15-9-11-29(12-15)16-4-3-10-24-27-16/h3-8,10,17,22H,9,11-12H2,1-2H3,(H2,23,26,30)/t17-/m1/s1. The van der Waals surface area contributed by atoms with Crippen molar-refractivity contribution in [1.29, 1.82) is 10.8 Å². The van der Waals surface area contributed by atoms with Crippen molar-refractivity contribution >= 4 is 39.5 Å². The third kappa shape index (κ3) is 6.15. The summed E-state index contributed by atoms with van der Waals surface area (Å²) in [7, 11) is 3.45. The zero-order chi connectivity index (χ0) is 22.4. The Morgan fingerprint density at radius 3 is 2.68 bits per heavy atom. The number of likely N-dealkylation sites (N-methyl/N-ethyl adjacent to an activating group) is 1. The molecular weight excluding hydrogens is 419 g/mol. The number of carbonyl (C=O) groups excluding carboxylic acids is 1. The van der Waals surface area contributed by atoms with E-state index in [0.717, 1.165) is 29.8 Å². The minimum atomic E-state index is -0.697. The molecule has 162 valence electrons. The van der Waals surface area contributed by atoms with Crippen LogP contribution in [0.15, 0.2) is 47.6 Å². The Bertz CT molecular complexity index is 980. The van der Waals surface area contributed by atoms with Crippen LogP contribution in [0.25, 0.3) is 0 Å². The minimum Gasteiger partial charge on any atom is -0.349 e. The highest BCUT2D eigenvalue weighted by Gasteiger charge is 2.25. The lowest BCUT2D eigenvalue weighted by atomic mass is 10.1. The number of rotatable bonds is 4. The van der Waals surface area contributed by atoms with E-state index in [1.54, 1.807) is 25.2 Å². The highest BCUT2D eigenvalue weighted by molar-refractivity contribution is 8.26. The van der Waals surface area contributed by atoms with Crippen molar-refractivity contribution in [3.05, 3.63) is 54.0 Å². The molecule has 0 unspecified atom stereocenters. The summed E-state index contributed by atoms with van der Waals surface area (Å²) < 4.78 is 13.2. The number of carbonyl (C=O) groups is 1. The molecule has 1 amide bonds. The van der Waals surface area contributed by atoms with Gasteiger partial charge in [-0.2, -0.15) is 5.10 Å². The van der Waals surface area contributed by atoms with Gasteiger partial charge in [-0.1, -0.05) is 12.1 Å². The van der Waals surface area contributed by atoms with Crippen LogP contribution in [0, 0.1) is 16.6 Å². The summed E-state index contributed by atoms with van der Waals surface area (Å²) in [4.78, 5) is 20.6. The van der Waals surface area contributed by atoms with Crippen molar-refractivity contribution in [3.63, 3.8) is 0 Å². The maximum Gasteiger partial charge on any atom is 0.247 e. The topological polar surface area (TPSA) is 121 Å². The first-order valence-corrected chi connectivity index (χ1v) is 10.3. The van der Waals surface area contributed by atoms with Gasteiger partial charge >= 0.3 is 0 Å². The molecule has 0 aliphatic carbocycles. The van der Waals surface area contributed by atoms with Gasteiger partial charge in [0.05, 0.1) is 6.54 Å². The first-order chi connectivity index (χ1) is 14.8. The average molecular weight is 443 g/mol. The molecule has 2 heterocycles. The third-order valence-electron chi connectivity index (χ3n) is 4.57.